The number of amides is 1. The fourth-order valence-corrected chi connectivity index (χ4v) is 1.95. The lowest BCUT2D eigenvalue weighted by molar-refractivity contribution is -0.118. The first kappa shape index (κ1) is 12.7. The van der Waals surface area contributed by atoms with Crippen molar-refractivity contribution in [3.8, 4) is 11.5 Å². The molecule has 2 heterocycles. The summed E-state index contributed by atoms with van der Waals surface area (Å²) in [6.45, 7) is 4.30. The first-order valence-corrected chi connectivity index (χ1v) is 6.46. The molecule has 6 nitrogen and oxygen atoms in total. The lowest BCUT2D eigenvalue weighted by Crippen LogP contribution is -2.24. The number of furan rings is 1. The molecule has 2 aromatic heterocycles. The fourth-order valence-electron chi connectivity index (χ4n) is 1.36. The van der Waals surface area contributed by atoms with E-state index in [0.29, 0.717) is 17.7 Å². The molecule has 0 saturated heterocycles. The number of hydrogen-bond acceptors (Lipinski definition) is 6. The Hall–Kier alpha value is -1.76. The maximum Gasteiger partial charge on any atom is 0.277 e. The predicted octanol–water partition coefficient (Wildman–Crippen LogP) is 1.87. The van der Waals surface area contributed by atoms with Gasteiger partial charge in [-0.2, -0.15) is 0 Å². The second-order valence-corrected chi connectivity index (χ2v) is 4.43. The number of carbonyl (C=O) groups excluding carboxylic acids is 1. The zero-order valence-electron chi connectivity index (χ0n) is 10.1. The molecule has 2 rings (SSSR count). The highest BCUT2D eigenvalue weighted by Gasteiger charge is 2.13. The Bertz CT molecular complexity index is 535. The molecule has 7 heteroatoms. The smallest absolute Gasteiger partial charge is 0.277 e. The number of thioether (sulfide) groups is 1. The van der Waals surface area contributed by atoms with Crippen molar-refractivity contribution in [1.29, 1.82) is 0 Å². The summed E-state index contributed by atoms with van der Waals surface area (Å²) in [5.74, 6) is 1.33. The van der Waals surface area contributed by atoms with Crippen LogP contribution in [0.25, 0.3) is 11.5 Å². The van der Waals surface area contributed by atoms with Gasteiger partial charge >= 0.3 is 0 Å². The first-order valence-electron chi connectivity index (χ1n) is 5.48. The third-order valence-corrected chi connectivity index (χ3v) is 3.01. The van der Waals surface area contributed by atoms with Crippen LogP contribution >= 0.6 is 11.8 Å². The Morgan fingerprint density at radius 2 is 2.33 bits per heavy atom. The van der Waals surface area contributed by atoms with Crippen molar-refractivity contribution < 1.29 is 13.6 Å². The van der Waals surface area contributed by atoms with E-state index in [1.807, 2.05) is 13.8 Å². The Kier molecular flexibility index (Phi) is 4.03. The molecule has 0 unspecified atom stereocenters. The van der Waals surface area contributed by atoms with Gasteiger partial charge < -0.3 is 14.2 Å². The van der Waals surface area contributed by atoms with Crippen molar-refractivity contribution in [2.24, 2.45) is 0 Å². The standard InChI is InChI=1S/C11H13N3O3S/c1-3-12-9(15)6-18-11-14-13-10(17-11)8-4-5-16-7(8)2/h4-5H,3,6H2,1-2H3,(H,12,15). The van der Waals surface area contributed by atoms with Crippen molar-refractivity contribution in [2.45, 2.75) is 19.1 Å². The fraction of sp³-hybridized carbons (Fsp3) is 0.364. The molecule has 0 atom stereocenters. The van der Waals surface area contributed by atoms with Gasteiger partial charge in [0.05, 0.1) is 17.6 Å². The van der Waals surface area contributed by atoms with Gasteiger partial charge in [-0.25, -0.2) is 0 Å². The second-order valence-electron chi connectivity index (χ2n) is 3.51. The number of nitrogens with zero attached hydrogens (tertiary/aromatic N) is 2. The van der Waals surface area contributed by atoms with Crippen LogP contribution in [0.4, 0.5) is 0 Å². The molecule has 96 valence electrons. The summed E-state index contributed by atoms with van der Waals surface area (Å²) in [6, 6.07) is 1.76. The number of aryl methyl sites for hydroxylation is 1. The minimum Gasteiger partial charge on any atom is -0.469 e. The minimum atomic E-state index is -0.0539. The summed E-state index contributed by atoms with van der Waals surface area (Å²) in [5.41, 5.74) is 0.771. The molecule has 0 saturated carbocycles. The van der Waals surface area contributed by atoms with Gasteiger partial charge in [0, 0.05) is 6.54 Å². The molecule has 0 bridgehead atoms. The largest absolute Gasteiger partial charge is 0.469 e. The van der Waals surface area contributed by atoms with E-state index >= 15 is 0 Å². The van der Waals surface area contributed by atoms with E-state index < -0.39 is 0 Å². The van der Waals surface area contributed by atoms with Crippen molar-refractivity contribution >= 4 is 17.7 Å². The van der Waals surface area contributed by atoms with E-state index in [0.717, 1.165) is 11.3 Å². The van der Waals surface area contributed by atoms with Gasteiger partial charge in [-0.15, -0.1) is 10.2 Å². The van der Waals surface area contributed by atoms with E-state index in [4.69, 9.17) is 8.83 Å². The molecule has 1 N–H and O–H groups in total. The summed E-state index contributed by atoms with van der Waals surface area (Å²) in [7, 11) is 0. The van der Waals surface area contributed by atoms with E-state index in [-0.39, 0.29) is 11.7 Å². The molecule has 0 spiro atoms. The van der Waals surface area contributed by atoms with Crippen LogP contribution in [0.1, 0.15) is 12.7 Å². The Morgan fingerprint density at radius 3 is 3.00 bits per heavy atom. The second kappa shape index (κ2) is 5.72. The number of carbonyl (C=O) groups is 1. The molecule has 0 aromatic carbocycles. The van der Waals surface area contributed by atoms with Crippen LogP contribution in [-0.4, -0.2) is 28.4 Å². The van der Waals surface area contributed by atoms with Gasteiger partial charge in [0.15, 0.2) is 0 Å². The average molecular weight is 267 g/mol. The van der Waals surface area contributed by atoms with Crippen molar-refractivity contribution in [3.05, 3.63) is 18.1 Å². The molecule has 0 aliphatic carbocycles. The average Bonchev–Trinajstić information content (AvgIpc) is 2.95. The monoisotopic (exact) mass is 267 g/mol. The predicted molar refractivity (Wildman–Crippen MR) is 66.1 cm³/mol. The van der Waals surface area contributed by atoms with Crippen molar-refractivity contribution in [3.63, 3.8) is 0 Å². The van der Waals surface area contributed by atoms with Gasteiger partial charge in [0.1, 0.15) is 5.76 Å². The summed E-state index contributed by atoms with van der Waals surface area (Å²) < 4.78 is 10.6. The Morgan fingerprint density at radius 1 is 1.50 bits per heavy atom. The molecule has 18 heavy (non-hydrogen) atoms. The zero-order chi connectivity index (χ0) is 13.0. The van der Waals surface area contributed by atoms with Crippen LogP contribution in [-0.2, 0) is 4.79 Å². The maximum absolute atomic E-state index is 11.3. The third-order valence-electron chi connectivity index (χ3n) is 2.20. The van der Waals surface area contributed by atoms with Gasteiger partial charge in [-0.1, -0.05) is 11.8 Å². The summed E-state index contributed by atoms with van der Waals surface area (Å²) in [5, 5.41) is 10.9. The summed E-state index contributed by atoms with van der Waals surface area (Å²) >= 11 is 1.21. The molecular formula is C11H13N3O3S. The van der Waals surface area contributed by atoms with E-state index in [1.54, 1.807) is 12.3 Å². The highest BCUT2D eigenvalue weighted by Crippen LogP contribution is 2.25. The van der Waals surface area contributed by atoms with Crippen molar-refractivity contribution in [2.75, 3.05) is 12.3 Å². The topological polar surface area (TPSA) is 81.2 Å². The van der Waals surface area contributed by atoms with Gasteiger partial charge in [0.25, 0.3) is 11.1 Å². The third kappa shape index (κ3) is 2.92. The van der Waals surface area contributed by atoms with Crippen LogP contribution in [0.2, 0.25) is 0 Å². The van der Waals surface area contributed by atoms with Crippen LogP contribution < -0.4 is 5.32 Å². The molecule has 0 aliphatic heterocycles. The first-order chi connectivity index (χ1) is 8.70. The minimum absolute atomic E-state index is 0.0539. The number of hydrogen-bond donors (Lipinski definition) is 1. The highest BCUT2D eigenvalue weighted by atomic mass is 32.2. The van der Waals surface area contributed by atoms with E-state index in [9.17, 15) is 4.79 Å². The van der Waals surface area contributed by atoms with E-state index in [2.05, 4.69) is 15.5 Å². The van der Waals surface area contributed by atoms with Gasteiger partial charge in [-0.05, 0) is 19.9 Å². The lowest BCUT2D eigenvalue weighted by Gasteiger charge is -1.98. The Labute approximate surface area is 108 Å². The quantitative estimate of drug-likeness (QED) is 0.833. The normalized spacial score (nSPS) is 10.6. The van der Waals surface area contributed by atoms with Crippen LogP contribution in [0.5, 0.6) is 0 Å². The van der Waals surface area contributed by atoms with Crippen LogP contribution in [0.15, 0.2) is 26.4 Å². The molecule has 2 aromatic rings. The van der Waals surface area contributed by atoms with Gasteiger partial charge in [-0.3, -0.25) is 4.79 Å². The number of rotatable bonds is 5. The summed E-state index contributed by atoms with van der Waals surface area (Å²) in [4.78, 5) is 11.3. The lowest BCUT2D eigenvalue weighted by atomic mass is 10.3. The van der Waals surface area contributed by atoms with Crippen LogP contribution in [0, 0.1) is 6.92 Å². The van der Waals surface area contributed by atoms with Crippen LogP contribution in [0.3, 0.4) is 0 Å². The zero-order valence-corrected chi connectivity index (χ0v) is 10.9. The molecule has 0 fully saturated rings. The van der Waals surface area contributed by atoms with Gasteiger partial charge in [0.2, 0.25) is 5.91 Å². The number of nitrogens with one attached hydrogen (secondary N) is 1. The number of aromatic nitrogens is 2. The Balaban J connectivity index is 1.99. The molecule has 0 radical (unpaired) electrons. The van der Waals surface area contributed by atoms with E-state index in [1.165, 1.54) is 11.8 Å². The SMILES string of the molecule is CCNC(=O)CSc1nnc(-c2ccoc2C)o1. The van der Waals surface area contributed by atoms with Crippen molar-refractivity contribution in [1.82, 2.24) is 15.5 Å². The summed E-state index contributed by atoms with van der Waals surface area (Å²) in [6.07, 6.45) is 1.57. The molecule has 0 aliphatic rings. The molecule has 1 amide bonds. The molecular weight excluding hydrogens is 254 g/mol. The highest BCUT2D eigenvalue weighted by molar-refractivity contribution is 7.99. The maximum atomic E-state index is 11.3.